The van der Waals surface area contributed by atoms with Crippen LogP contribution in [0.1, 0.15) is 74.3 Å². The Morgan fingerprint density at radius 2 is 1.54 bits per heavy atom. The Morgan fingerprint density at radius 3 is 2.31 bits per heavy atom. The number of hydrogen-bond acceptors (Lipinski definition) is 5. The summed E-state index contributed by atoms with van der Waals surface area (Å²) in [6.45, 7) is 11.9. The molecule has 5 nitrogen and oxygen atoms in total. The molecule has 9 rings (SSSR count). The van der Waals surface area contributed by atoms with E-state index in [0.29, 0.717) is 17.5 Å². The van der Waals surface area contributed by atoms with Crippen LogP contribution in [0.15, 0.2) is 170 Å². The fourth-order valence-electron chi connectivity index (χ4n) is 9.47. The molecular weight excluding hydrogens is 721 g/mol. The SMILES string of the molecule is C=C/C=C\C=C(/C)c1nc(C2=CC=CC3C(C=C)=C(/C=C\C)OC23)nc(-c2ccc(-c3cccc(-c4ccc5c(c4)C4(CCCCC4)c4ccc(C#N)cc4-5)c3)cc2)n1. The second kappa shape index (κ2) is 15.8. The average molecular weight is 767 g/mol. The second-order valence-electron chi connectivity index (χ2n) is 15.8. The summed E-state index contributed by atoms with van der Waals surface area (Å²) in [5.41, 5.74) is 14.5. The number of benzene rings is 4. The van der Waals surface area contributed by atoms with Crippen LogP contribution in [0.25, 0.3) is 55.9 Å². The molecule has 3 aliphatic carbocycles. The molecule has 0 N–H and O–H groups in total. The van der Waals surface area contributed by atoms with E-state index in [1.54, 1.807) is 6.08 Å². The Labute approximate surface area is 347 Å². The number of nitrogens with zero attached hydrogens (tertiary/aromatic N) is 4. The smallest absolute Gasteiger partial charge is 0.164 e. The molecule has 0 amide bonds. The Balaban J connectivity index is 1.05. The van der Waals surface area contributed by atoms with Gasteiger partial charge in [0, 0.05) is 28.0 Å². The molecule has 1 fully saturated rings. The van der Waals surface area contributed by atoms with Gasteiger partial charge in [0.05, 0.1) is 11.6 Å². The van der Waals surface area contributed by atoms with Crippen LogP contribution in [0, 0.1) is 17.2 Å². The molecule has 2 atom stereocenters. The zero-order chi connectivity index (χ0) is 40.5. The number of nitriles is 1. The Hall–Kier alpha value is -6.90. The quantitative estimate of drug-likeness (QED) is 0.140. The summed E-state index contributed by atoms with van der Waals surface area (Å²) in [6.07, 6.45) is 25.5. The third-order valence-electron chi connectivity index (χ3n) is 12.4. The summed E-state index contributed by atoms with van der Waals surface area (Å²) in [7, 11) is 0. The molecule has 1 spiro atoms. The van der Waals surface area contributed by atoms with E-state index in [-0.39, 0.29) is 17.4 Å². The maximum Gasteiger partial charge on any atom is 0.164 e. The fraction of sp³-hybridized carbons (Fsp3) is 0.185. The van der Waals surface area contributed by atoms with Gasteiger partial charge in [-0.1, -0.05) is 148 Å². The van der Waals surface area contributed by atoms with Crippen LogP contribution in [0.2, 0.25) is 0 Å². The Bertz CT molecular complexity index is 2740. The minimum atomic E-state index is -0.271. The molecule has 288 valence electrons. The van der Waals surface area contributed by atoms with Gasteiger partial charge in [0.25, 0.3) is 0 Å². The van der Waals surface area contributed by atoms with E-state index in [0.717, 1.165) is 57.6 Å². The molecule has 2 unspecified atom stereocenters. The van der Waals surface area contributed by atoms with Gasteiger partial charge < -0.3 is 4.74 Å². The fourth-order valence-corrected chi connectivity index (χ4v) is 9.47. The first-order chi connectivity index (χ1) is 28.9. The maximum absolute atomic E-state index is 9.71. The van der Waals surface area contributed by atoms with Crippen LogP contribution in [0.3, 0.4) is 0 Å². The van der Waals surface area contributed by atoms with Crippen molar-refractivity contribution in [1.29, 1.82) is 5.26 Å². The number of rotatable bonds is 9. The monoisotopic (exact) mass is 766 g/mol. The van der Waals surface area contributed by atoms with Gasteiger partial charge in [-0.3, -0.25) is 0 Å². The van der Waals surface area contributed by atoms with Gasteiger partial charge in [-0.25, -0.2) is 15.0 Å². The van der Waals surface area contributed by atoms with E-state index in [4.69, 9.17) is 19.7 Å². The number of hydrogen-bond donors (Lipinski definition) is 0. The molecule has 4 aromatic carbocycles. The Morgan fingerprint density at radius 1 is 0.797 bits per heavy atom. The lowest BCUT2D eigenvalue weighted by molar-refractivity contribution is 0.181. The van der Waals surface area contributed by atoms with Crippen LogP contribution >= 0.6 is 0 Å². The van der Waals surface area contributed by atoms with Crippen LogP contribution < -0.4 is 0 Å². The van der Waals surface area contributed by atoms with Gasteiger partial charge in [0.1, 0.15) is 11.9 Å². The molecule has 0 bridgehead atoms. The molecule has 0 saturated heterocycles. The highest BCUT2D eigenvalue weighted by Gasteiger charge is 2.44. The van der Waals surface area contributed by atoms with Gasteiger partial charge in [-0.15, -0.1) is 0 Å². The normalized spacial score (nSPS) is 19.0. The number of allylic oxidation sites excluding steroid dienone is 10. The topological polar surface area (TPSA) is 71.7 Å². The lowest BCUT2D eigenvalue weighted by Gasteiger charge is -2.36. The van der Waals surface area contributed by atoms with Crippen LogP contribution in [-0.2, 0) is 10.2 Å². The molecule has 5 heteroatoms. The van der Waals surface area contributed by atoms with Crippen molar-refractivity contribution >= 4 is 11.1 Å². The lowest BCUT2D eigenvalue weighted by Crippen LogP contribution is -2.28. The van der Waals surface area contributed by atoms with Gasteiger partial charge >= 0.3 is 0 Å². The van der Waals surface area contributed by atoms with Crippen molar-refractivity contribution in [2.45, 2.75) is 57.5 Å². The van der Waals surface area contributed by atoms with Gasteiger partial charge in [-0.2, -0.15) is 5.26 Å². The van der Waals surface area contributed by atoms with Gasteiger partial charge in [0.15, 0.2) is 17.5 Å². The molecular formula is C54H46N4O. The summed E-state index contributed by atoms with van der Waals surface area (Å²) in [5.74, 6) is 2.62. The predicted molar refractivity (Wildman–Crippen MR) is 241 cm³/mol. The van der Waals surface area contributed by atoms with Crippen LogP contribution in [0.5, 0.6) is 0 Å². The van der Waals surface area contributed by atoms with E-state index in [1.807, 2.05) is 56.4 Å². The van der Waals surface area contributed by atoms with E-state index >= 15 is 0 Å². The predicted octanol–water partition coefficient (Wildman–Crippen LogP) is 13.1. The zero-order valence-corrected chi connectivity index (χ0v) is 33.7. The highest BCUT2D eigenvalue weighted by Crippen LogP contribution is 2.56. The van der Waals surface area contributed by atoms with Crippen molar-refractivity contribution in [3.8, 4) is 50.8 Å². The molecule has 59 heavy (non-hydrogen) atoms. The Kier molecular flexibility index (Phi) is 10.1. The first-order valence-electron chi connectivity index (χ1n) is 20.6. The van der Waals surface area contributed by atoms with Gasteiger partial charge in [0.2, 0.25) is 0 Å². The number of ether oxygens (including phenoxy) is 1. The summed E-state index contributed by atoms with van der Waals surface area (Å²) >= 11 is 0. The molecule has 4 aliphatic rings. The molecule has 1 saturated carbocycles. The van der Waals surface area contributed by atoms with Gasteiger partial charge in [-0.05, 0) is 107 Å². The van der Waals surface area contributed by atoms with Crippen LogP contribution in [0.4, 0.5) is 0 Å². The summed E-state index contributed by atoms with van der Waals surface area (Å²) in [6, 6.07) is 33.0. The first kappa shape index (κ1) is 37.7. The molecule has 1 aliphatic heterocycles. The largest absolute Gasteiger partial charge is 0.484 e. The molecule has 2 heterocycles. The summed E-state index contributed by atoms with van der Waals surface area (Å²) in [5, 5.41) is 9.71. The van der Waals surface area contributed by atoms with Crippen molar-refractivity contribution in [2.75, 3.05) is 0 Å². The number of fused-ring (bicyclic) bond motifs is 6. The zero-order valence-electron chi connectivity index (χ0n) is 33.7. The minimum Gasteiger partial charge on any atom is -0.484 e. The molecule has 0 radical (unpaired) electrons. The van der Waals surface area contributed by atoms with E-state index in [2.05, 4.69) is 116 Å². The summed E-state index contributed by atoms with van der Waals surface area (Å²) in [4.78, 5) is 15.1. The average Bonchev–Trinajstić information content (AvgIpc) is 3.77. The van der Waals surface area contributed by atoms with E-state index < -0.39 is 0 Å². The maximum atomic E-state index is 9.71. The lowest BCUT2D eigenvalue weighted by atomic mass is 9.67. The van der Waals surface area contributed by atoms with E-state index in [9.17, 15) is 5.26 Å². The van der Waals surface area contributed by atoms with Crippen molar-refractivity contribution in [3.05, 3.63) is 199 Å². The van der Waals surface area contributed by atoms with Crippen molar-refractivity contribution in [1.82, 2.24) is 15.0 Å². The molecule has 5 aromatic rings. The highest BCUT2D eigenvalue weighted by atomic mass is 16.5. The molecule has 1 aromatic heterocycles. The summed E-state index contributed by atoms with van der Waals surface area (Å²) < 4.78 is 6.54. The third-order valence-corrected chi connectivity index (χ3v) is 12.4. The first-order valence-corrected chi connectivity index (χ1v) is 20.6. The number of aromatic nitrogens is 3. The van der Waals surface area contributed by atoms with Crippen molar-refractivity contribution in [2.24, 2.45) is 5.92 Å². The van der Waals surface area contributed by atoms with Crippen LogP contribution in [-0.4, -0.2) is 21.1 Å². The standard InChI is InChI=1S/C54H46N4O/c1-5-8-10-16-35(4)51-56-52(58-53(57-51)45-20-14-19-44-42(7-3)49(15-6-2)59-50(44)45)38-24-22-37(23-25-38)39-17-13-18-40(32-39)41-26-27-43-46-31-36(34-55)21-28-47(46)54(48(43)33-41)29-11-9-12-30-54/h5-8,10,13-28,31-33,44,50H,1,3,9,11-12,29-30H2,2,4H3/b10-8-,15-6-,35-16+. The van der Waals surface area contributed by atoms with Crippen molar-refractivity contribution in [3.63, 3.8) is 0 Å². The minimum absolute atomic E-state index is 0.0164. The third kappa shape index (κ3) is 6.75. The van der Waals surface area contributed by atoms with Crippen molar-refractivity contribution < 1.29 is 4.74 Å². The second-order valence-corrected chi connectivity index (χ2v) is 15.8. The highest BCUT2D eigenvalue weighted by molar-refractivity contribution is 5.85. The van der Waals surface area contributed by atoms with E-state index in [1.165, 1.54) is 52.6 Å².